The third-order valence-corrected chi connectivity index (χ3v) is 50.2. The molecule has 1 aromatic rings. The SMILES string of the molecule is C=C1C[C@H](CCC2OCCCO2)O[C@H]1CC[C@H]1C[C@@H](C)C(=C)[C@@H](C[C@@H]2O[C@H](C[C@@H](CO[Si](C)(C)C(C)(C)C)O[Si](C)(C)C(C)(C)C)[C@H](OC)C2CCC(c2cc(CC)ccc2S(=O)O)[C@H]2CC[C@@H]3O[C@@H](C(/C=C/I)O[Si](C)(C)C(C)(C)C)C(O[Si](C)(C)C(C)(C)C)C(O[Si](C)(C)C(C)(C)C)[C@H]3O2)O1. The van der Waals surface area contributed by atoms with Gasteiger partial charge < -0.3 is 64.6 Å². The van der Waals surface area contributed by atoms with E-state index in [1.807, 2.05) is 19.2 Å². The molecule has 7 rings (SSSR count). The number of benzene rings is 1. The normalized spacial score (nSPS) is 30.8. The number of rotatable bonds is 31. The molecule has 0 aromatic heterocycles. The predicted octanol–water partition coefficient (Wildman–Crippen LogP) is 21.1. The van der Waals surface area contributed by atoms with E-state index in [0.29, 0.717) is 50.0 Å². The molecule has 6 fully saturated rings. The van der Waals surface area contributed by atoms with Crippen molar-refractivity contribution < 1.29 is 68.8 Å². The first-order valence-corrected chi connectivity index (χ1v) is 56.5. The Labute approximate surface area is 648 Å². The molecule has 6 saturated heterocycles. The molecule has 22 heteroatoms. The highest BCUT2D eigenvalue weighted by molar-refractivity contribution is 14.1. The van der Waals surface area contributed by atoms with E-state index in [2.05, 4.69) is 229 Å². The van der Waals surface area contributed by atoms with Crippen LogP contribution in [-0.2, 0) is 77.5 Å². The summed E-state index contributed by atoms with van der Waals surface area (Å²) in [7, 11) is -10.3. The fourth-order valence-corrected chi connectivity index (χ4v) is 22.0. The van der Waals surface area contributed by atoms with E-state index in [-0.39, 0.29) is 104 Å². The highest BCUT2D eigenvalue weighted by Gasteiger charge is 2.59. The van der Waals surface area contributed by atoms with Crippen molar-refractivity contribution >= 4 is 75.3 Å². The Bertz CT molecular complexity index is 2960. The van der Waals surface area contributed by atoms with E-state index in [9.17, 15) is 8.76 Å². The number of ether oxygens (including phenoxy) is 8. The number of methoxy groups -OCH3 is 1. The first-order chi connectivity index (χ1) is 47.4. The van der Waals surface area contributed by atoms with Gasteiger partial charge in [0, 0.05) is 38.2 Å². The summed E-state index contributed by atoms with van der Waals surface area (Å²) in [5.74, 6) is -0.251. The minimum absolute atomic E-state index is 0.0000389. The van der Waals surface area contributed by atoms with Crippen molar-refractivity contribution in [2.45, 2.75) is 407 Å². The van der Waals surface area contributed by atoms with Crippen LogP contribution in [0.2, 0.25) is 90.7 Å². The minimum atomic E-state index is -2.61. The Balaban J connectivity index is 1.31. The third-order valence-electron chi connectivity index (χ3n) is 26.6. The Morgan fingerprint density at radius 3 is 1.81 bits per heavy atom. The fraction of sp³-hybridized carbons (Fsp3) is 0.852. The Morgan fingerprint density at radius 2 is 1.24 bits per heavy atom. The van der Waals surface area contributed by atoms with E-state index in [4.69, 9.17) is 66.6 Å². The van der Waals surface area contributed by atoms with Crippen LogP contribution < -0.4 is 0 Å². The van der Waals surface area contributed by atoms with E-state index >= 15 is 0 Å². The molecule has 103 heavy (non-hydrogen) atoms. The molecule has 0 radical (unpaired) electrons. The lowest BCUT2D eigenvalue weighted by Gasteiger charge is -2.56. The standard InChI is InChI=1S/C81H147IO15SSi5/c1-31-56-33-41-70(98(83)84)62(49-56)60(64-39-40-65-73(92-64)75(96-102(27,28)80(14,15)16)76(97-103(29,30)81(17,18)19)74(93-65)66(43-44-82)95-101(25,26)79(11,12)13)36-37-61-68(91-69(72(61)85-20)50-59(94-100(23,24)78(8,9)10)52-88-99(21,22)77(5,6)7)51-67-55(4)53(2)47-57(90-67)34-38-63-54(3)48-58(89-63)35-42-71-86-45-32-46-87-71/h33,41,43-44,49,53,57-61,63-69,71-76H,3-4,31-32,34-40,42,45-48,50-52H2,1-2,5-30H3,(H,83,84)/b44-43+/t53-,57+,58+,59+,60?,61?,63+,64-,65+,66?,67-,68+,69-,72-,73+,74+,75?,76?/m1/s1. The molecule has 6 aliphatic rings. The lowest BCUT2D eigenvalue weighted by atomic mass is 9.77. The molecule has 0 aliphatic carbocycles. The summed E-state index contributed by atoms with van der Waals surface area (Å²) in [6.45, 7) is 73.5. The van der Waals surface area contributed by atoms with Gasteiger partial charge in [0.15, 0.2) is 59.0 Å². The first kappa shape index (κ1) is 90.0. The molecule has 15 nitrogen and oxygen atoms in total. The van der Waals surface area contributed by atoms with E-state index in [1.54, 1.807) is 0 Å². The van der Waals surface area contributed by atoms with Crippen LogP contribution >= 0.6 is 22.6 Å². The van der Waals surface area contributed by atoms with Gasteiger partial charge in [-0.05, 0) is 206 Å². The highest BCUT2D eigenvalue weighted by Crippen LogP contribution is 2.52. The van der Waals surface area contributed by atoms with Crippen LogP contribution in [0.1, 0.15) is 218 Å². The summed E-state index contributed by atoms with van der Waals surface area (Å²) in [5, 5.41) is -0.420. The Morgan fingerprint density at radius 1 is 0.670 bits per heavy atom. The summed E-state index contributed by atoms with van der Waals surface area (Å²) in [6, 6.07) is 6.06. The molecule has 1 N–H and O–H groups in total. The van der Waals surface area contributed by atoms with Gasteiger partial charge in [0.05, 0.1) is 91.9 Å². The average molecular weight is 1660 g/mol. The van der Waals surface area contributed by atoms with Crippen LogP contribution in [0.25, 0.3) is 0 Å². The molecule has 6 aliphatic heterocycles. The summed E-state index contributed by atoms with van der Waals surface area (Å²) < 4.78 is 122. The van der Waals surface area contributed by atoms with Gasteiger partial charge in [-0.25, -0.2) is 4.21 Å². The van der Waals surface area contributed by atoms with Gasteiger partial charge in [-0.1, -0.05) is 166 Å². The Hall–Kier alpha value is -0.156. The Kier molecular flexibility index (Phi) is 31.4. The van der Waals surface area contributed by atoms with Crippen molar-refractivity contribution in [3.05, 3.63) is 63.8 Å². The van der Waals surface area contributed by atoms with E-state index in [1.165, 1.54) is 0 Å². The number of hydrogen-bond donors (Lipinski definition) is 1. The van der Waals surface area contributed by atoms with Crippen LogP contribution in [0.4, 0.5) is 0 Å². The van der Waals surface area contributed by atoms with Crippen LogP contribution in [0.15, 0.2) is 57.6 Å². The number of halogens is 1. The maximum Gasteiger partial charge on any atom is 0.193 e. The second-order valence-electron chi connectivity index (χ2n) is 39.2. The third kappa shape index (κ3) is 22.8. The largest absolute Gasteiger partial charge is 0.414 e. The minimum Gasteiger partial charge on any atom is -0.414 e. The van der Waals surface area contributed by atoms with Gasteiger partial charge in [-0.2, -0.15) is 0 Å². The van der Waals surface area contributed by atoms with Gasteiger partial charge in [0.25, 0.3) is 0 Å². The lowest BCUT2D eigenvalue weighted by molar-refractivity contribution is -0.268. The van der Waals surface area contributed by atoms with Crippen molar-refractivity contribution in [2.75, 3.05) is 26.9 Å². The molecule has 1 aromatic carbocycles. The van der Waals surface area contributed by atoms with E-state index in [0.717, 1.165) is 86.9 Å². The number of fused-ring (bicyclic) bond motifs is 1. The van der Waals surface area contributed by atoms with Crippen LogP contribution in [0.3, 0.4) is 0 Å². The zero-order valence-electron chi connectivity index (χ0n) is 69.7. The molecule has 0 saturated carbocycles. The van der Waals surface area contributed by atoms with Gasteiger partial charge in [-0.15, -0.1) is 0 Å². The summed E-state index contributed by atoms with van der Waals surface area (Å²) in [6.07, 6.45) is 7.79. The van der Waals surface area contributed by atoms with Crippen LogP contribution in [-0.4, -0.2) is 175 Å². The molecule has 6 unspecified atom stereocenters. The quantitative estimate of drug-likeness (QED) is 0.0324. The van der Waals surface area contributed by atoms with Crippen LogP contribution in [0, 0.1) is 11.8 Å². The fourth-order valence-electron chi connectivity index (χ4n) is 14.7. The zero-order chi connectivity index (χ0) is 77.2. The van der Waals surface area contributed by atoms with Crippen molar-refractivity contribution in [3.63, 3.8) is 0 Å². The lowest BCUT2D eigenvalue weighted by Crippen LogP contribution is -2.69. The molecule has 0 amide bonds. The molecule has 6 heterocycles. The highest BCUT2D eigenvalue weighted by atomic mass is 127. The summed E-state index contributed by atoms with van der Waals surface area (Å²) in [5.41, 5.74) is 4.17. The molecular weight excluding hydrogens is 1510 g/mol. The molecule has 19 atom stereocenters. The smallest absolute Gasteiger partial charge is 0.193 e. The summed E-state index contributed by atoms with van der Waals surface area (Å²) in [4.78, 5) is 0.405. The maximum absolute atomic E-state index is 14.0. The maximum atomic E-state index is 14.0. The van der Waals surface area contributed by atoms with E-state index < -0.39 is 89.3 Å². The van der Waals surface area contributed by atoms with Crippen molar-refractivity contribution in [1.29, 1.82) is 0 Å². The molecule has 0 spiro atoms. The second-order valence-corrected chi connectivity index (χ2v) is 64.7. The van der Waals surface area contributed by atoms with Gasteiger partial charge in [-0.3, -0.25) is 0 Å². The number of aryl methyl sites for hydroxylation is 1. The summed E-state index contributed by atoms with van der Waals surface area (Å²) >= 11 is 0.0298. The molecular formula is C81H147IO15SSi5. The molecule has 0 bridgehead atoms. The van der Waals surface area contributed by atoms with Crippen molar-refractivity contribution in [1.82, 2.24) is 0 Å². The average Bonchev–Trinajstić information content (AvgIpc) is 1.22. The predicted molar refractivity (Wildman–Crippen MR) is 443 cm³/mol. The number of hydrogen-bond acceptors (Lipinski definition) is 14. The molecule has 594 valence electrons. The topological polar surface area (TPSA) is 157 Å². The second kappa shape index (κ2) is 35.9. The zero-order valence-corrected chi connectivity index (χ0v) is 77.7. The van der Waals surface area contributed by atoms with Crippen molar-refractivity contribution in [2.24, 2.45) is 11.8 Å². The van der Waals surface area contributed by atoms with Crippen molar-refractivity contribution in [3.8, 4) is 0 Å². The first-order valence-electron chi connectivity index (χ1n) is 39.6. The monoisotopic (exact) mass is 1660 g/mol. The van der Waals surface area contributed by atoms with Gasteiger partial charge >= 0.3 is 0 Å². The van der Waals surface area contributed by atoms with Gasteiger partial charge in [0.2, 0.25) is 0 Å². The van der Waals surface area contributed by atoms with Gasteiger partial charge in [0.1, 0.15) is 24.4 Å². The van der Waals surface area contributed by atoms with Crippen LogP contribution in [0.5, 0.6) is 0 Å².